The zero-order chi connectivity index (χ0) is 19.6. The molecule has 0 atom stereocenters. The number of carbonyl (C=O) groups excluding carboxylic acids is 3. The average Bonchev–Trinajstić information content (AvgIpc) is 2.67. The molecule has 27 heavy (non-hydrogen) atoms. The number of nitrogens with one attached hydrogen (secondary N) is 3. The van der Waals surface area contributed by atoms with Gasteiger partial charge in [0.15, 0.2) is 0 Å². The highest BCUT2D eigenvalue weighted by Gasteiger charge is 2.14. The lowest BCUT2D eigenvalue weighted by atomic mass is 10.1. The number of hydrogen-bond donors (Lipinski definition) is 3. The van der Waals surface area contributed by atoms with Gasteiger partial charge in [0.2, 0.25) is 5.91 Å². The number of benzene rings is 2. The van der Waals surface area contributed by atoms with Crippen molar-refractivity contribution in [3.8, 4) is 0 Å². The van der Waals surface area contributed by atoms with Crippen LogP contribution in [0.5, 0.6) is 0 Å². The topological polar surface area (TPSA) is 87.3 Å². The van der Waals surface area contributed by atoms with Crippen molar-refractivity contribution in [2.24, 2.45) is 0 Å². The molecule has 0 aromatic heterocycles. The summed E-state index contributed by atoms with van der Waals surface area (Å²) in [6, 6.07) is 13.6. The van der Waals surface area contributed by atoms with E-state index in [1.807, 2.05) is 13.8 Å². The third kappa shape index (κ3) is 5.95. The second-order valence-corrected chi connectivity index (χ2v) is 6.13. The van der Waals surface area contributed by atoms with Crippen LogP contribution in [-0.4, -0.2) is 24.3 Å². The predicted octanol–water partition coefficient (Wildman–Crippen LogP) is 3.82. The highest BCUT2D eigenvalue weighted by atomic mass is 16.2. The Hall–Kier alpha value is -3.15. The second-order valence-electron chi connectivity index (χ2n) is 6.13. The van der Waals surface area contributed by atoms with Crippen molar-refractivity contribution in [2.45, 2.75) is 33.1 Å². The Bertz CT molecular complexity index is 818. The summed E-state index contributed by atoms with van der Waals surface area (Å²) in [5.41, 5.74) is 1.81. The third-order valence-corrected chi connectivity index (χ3v) is 3.84. The quantitative estimate of drug-likeness (QED) is 0.663. The molecule has 6 nitrogen and oxygen atoms in total. The van der Waals surface area contributed by atoms with Crippen molar-refractivity contribution in [3.05, 3.63) is 59.7 Å². The molecule has 2 aromatic rings. The molecule has 0 saturated heterocycles. The van der Waals surface area contributed by atoms with E-state index in [0.29, 0.717) is 35.5 Å². The van der Waals surface area contributed by atoms with E-state index in [2.05, 4.69) is 16.0 Å². The fraction of sp³-hybridized carbons (Fsp3) is 0.286. The molecule has 0 aliphatic carbocycles. The maximum absolute atomic E-state index is 12.6. The van der Waals surface area contributed by atoms with Crippen LogP contribution in [-0.2, 0) is 4.79 Å². The Kier molecular flexibility index (Phi) is 7.55. The molecule has 6 heteroatoms. The Labute approximate surface area is 159 Å². The Balaban J connectivity index is 2.14. The molecule has 3 amide bonds. The monoisotopic (exact) mass is 367 g/mol. The number of rotatable bonds is 8. The molecule has 2 rings (SSSR count). The SMILES string of the molecule is CCCNC(=O)c1ccccc1NC(=O)c1cccc(NC(=O)CCC)c1. The van der Waals surface area contributed by atoms with Gasteiger partial charge in [0.05, 0.1) is 11.3 Å². The molecule has 142 valence electrons. The third-order valence-electron chi connectivity index (χ3n) is 3.84. The van der Waals surface area contributed by atoms with E-state index in [1.165, 1.54) is 0 Å². The van der Waals surface area contributed by atoms with Crippen molar-refractivity contribution < 1.29 is 14.4 Å². The first-order valence-corrected chi connectivity index (χ1v) is 9.13. The average molecular weight is 367 g/mol. The van der Waals surface area contributed by atoms with Crippen LogP contribution >= 0.6 is 0 Å². The molecule has 0 aliphatic heterocycles. The predicted molar refractivity (Wildman–Crippen MR) is 107 cm³/mol. The Morgan fingerprint density at radius 1 is 0.852 bits per heavy atom. The number of amides is 3. The summed E-state index contributed by atoms with van der Waals surface area (Å²) in [7, 11) is 0. The molecule has 0 radical (unpaired) electrons. The van der Waals surface area contributed by atoms with E-state index in [1.54, 1.807) is 48.5 Å². The lowest BCUT2D eigenvalue weighted by molar-refractivity contribution is -0.116. The molecular weight excluding hydrogens is 342 g/mol. The molecule has 0 aliphatic rings. The smallest absolute Gasteiger partial charge is 0.255 e. The molecular formula is C21H25N3O3. The minimum Gasteiger partial charge on any atom is -0.352 e. The summed E-state index contributed by atoms with van der Waals surface area (Å²) < 4.78 is 0. The van der Waals surface area contributed by atoms with Crippen molar-refractivity contribution >= 4 is 29.1 Å². The van der Waals surface area contributed by atoms with E-state index >= 15 is 0 Å². The van der Waals surface area contributed by atoms with Gasteiger partial charge in [-0.1, -0.05) is 32.0 Å². The van der Waals surface area contributed by atoms with E-state index in [0.717, 1.165) is 12.8 Å². The highest BCUT2D eigenvalue weighted by molar-refractivity contribution is 6.09. The normalized spacial score (nSPS) is 10.1. The van der Waals surface area contributed by atoms with Crippen LogP contribution in [0.4, 0.5) is 11.4 Å². The first-order valence-electron chi connectivity index (χ1n) is 9.13. The first-order chi connectivity index (χ1) is 13.0. The molecule has 0 bridgehead atoms. The van der Waals surface area contributed by atoms with Gasteiger partial charge in [0, 0.05) is 24.2 Å². The van der Waals surface area contributed by atoms with Gasteiger partial charge in [-0.25, -0.2) is 0 Å². The van der Waals surface area contributed by atoms with Crippen molar-refractivity contribution in [3.63, 3.8) is 0 Å². The van der Waals surface area contributed by atoms with Gasteiger partial charge < -0.3 is 16.0 Å². The first kappa shape index (κ1) is 20.2. The second kappa shape index (κ2) is 10.1. The lowest BCUT2D eigenvalue weighted by Crippen LogP contribution is -2.25. The van der Waals surface area contributed by atoms with Crippen LogP contribution in [0, 0.1) is 0 Å². The Morgan fingerprint density at radius 3 is 2.37 bits per heavy atom. The van der Waals surface area contributed by atoms with Crippen LogP contribution < -0.4 is 16.0 Å². The number of hydrogen-bond acceptors (Lipinski definition) is 3. The van der Waals surface area contributed by atoms with Crippen LogP contribution in [0.3, 0.4) is 0 Å². The van der Waals surface area contributed by atoms with Gasteiger partial charge in [0.1, 0.15) is 0 Å². The summed E-state index contributed by atoms with van der Waals surface area (Å²) in [6.45, 7) is 4.47. The zero-order valence-electron chi connectivity index (χ0n) is 15.7. The van der Waals surface area contributed by atoms with Gasteiger partial charge in [-0.2, -0.15) is 0 Å². The summed E-state index contributed by atoms with van der Waals surface area (Å²) in [5.74, 6) is -0.668. The van der Waals surface area contributed by atoms with Crippen LogP contribution in [0.15, 0.2) is 48.5 Å². The van der Waals surface area contributed by atoms with Crippen molar-refractivity contribution in [1.82, 2.24) is 5.32 Å². The van der Waals surface area contributed by atoms with E-state index in [4.69, 9.17) is 0 Å². The van der Waals surface area contributed by atoms with Crippen LogP contribution in [0.2, 0.25) is 0 Å². The molecule has 3 N–H and O–H groups in total. The molecule has 0 heterocycles. The van der Waals surface area contributed by atoms with Crippen LogP contribution in [0.1, 0.15) is 53.8 Å². The zero-order valence-corrected chi connectivity index (χ0v) is 15.7. The molecule has 0 spiro atoms. The van der Waals surface area contributed by atoms with Gasteiger partial charge in [0.25, 0.3) is 11.8 Å². The van der Waals surface area contributed by atoms with Gasteiger partial charge in [-0.05, 0) is 43.2 Å². The van der Waals surface area contributed by atoms with Gasteiger partial charge >= 0.3 is 0 Å². The summed E-state index contributed by atoms with van der Waals surface area (Å²) in [6.07, 6.45) is 2.01. The maximum atomic E-state index is 12.6. The molecule has 0 saturated carbocycles. The fourth-order valence-corrected chi connectivity index (χ4v) is 2.51. The minimum atomic E-state index is -0.350. The standard InChI is InChI=1S/C21H25N3O3/c1-3-8-19(25)23-16-10-7-9-15(14-16)20(26)24-18-12-6-5-11-17(18)21(27)22-13-4-2/h5-7,9-12,14H,3-4,8,13H2,1-2H3,(H,22,27)(H,23,25)(H,24,26). The van der Waals surface area contributed by atoms with E-state index in [-0.39, 0.29) is 17.7 Å². The van der Waals surface area contributed by atoms with Gasteiger partial charge in [-0.15, -0.1) is 0 Å². The highest BCUT2D eigenvalue weighted by Crippen LogP contribution is 2.18. The van der Waals surface area contributed by atoms with Crippen molar-refractivity contribution in [2.75, 3.05) is 17.2 Å². The fourth-order valence-electron chi connectivity index (χ4n) is 2.51. The van der Waals surface area contributed by atoms with E-state index in [9.17, 15) is 14.4 Å². The lowest BCUT2D eigenvalue weighted by Gasteiger charge is -2.12. The number of carbonyl (C=O) groups is 3. The molecule has 0 unspecified atom stereocenters. The summed E-state index contributed by atoms with van der Waals surface area (Å²) in [4.78, 5) is 36.6. The molecule has 0 fully saturated rings. The molecule has 2 aromatic carbocycles. The summed E-state index contributed by atoms with van der Waals surface area (Å²) >= 11 is 0. The summed E-state index contributed by atoms with van der Waals surface area (Å²) in [5, 5.41) is 8.36. The maximum Gasteiger partial charge on any atom is 0.255 e. The van der Waals surface area contributed by atoms with Gasteiger partial charge in [-0.3, -0.25) is 14.4 Å². The number of para-hydroxylation sites is 1. The minimum absolute atomic E-state index is 0.0898. The van der Waals surface area contributed by atoms with Crippen molar-refractivity contribution in [1.29, 1.82) is 0 Å². The van der Waals surface area contributed by atoms with Crippen LogP contribution in [0.25, 0.3) is 0 Å². The Morgan fingerprint density at radius 2 is 1.63 bits per heavy atom. The number of anilines is 2. The largest absolute Gasteiger partial charge is 0.352 e. The van der Waals surface area contributed by atoms with E-state index < -0.39 is 0 Å².